The molecule has 0 aliphatic carbocycles. The van der Waals surface area contributed by atoms with Gasteiger partial charge >= 0.3 is 5.97 Å². The Morgan fingerprint density at radius 1 is 0.594 bits per heavy atom. The van der Waals surface area contributed by atoms with Gasteiger partial charge in [0.2, 0.25) is 17.4 Å². The van der Waals surface area contributed by atoms with E-state index in [1.165, 1.54) is 0 Å². The number of unbranched alkanes of at least 4 members (excludes halogenated alkanes) is 1. The lowest BCUT2D eigenvalue weighted by molar-refractivity contribution is -0.136. The normalized spacial score (nSPS) is 13.4. The van der Waals surface area contributed by atoms with E-state index in [2.05, 4.69) is 51.0 Å². The van der Waals surface area contributed by atoms with Gasteiger partial charge in [0.25, 0.3) is 0 Å². The van der Waals surface area contributed by atoms with Gasteiger partial charge < -0.3 is 62.7 Å². The number of anilines is 2. The second-order valence-electron chi connectivity index (χ2n) is 15.7. The highest BCUT2D eigenvalue weighted by Gasteiger charge is 2.23. The van der Waals surface area contributed by atoms with Crippen LogP contribution in [0.5, 0.6) is 5.75 Å². The van der Waals surface area contributed by atoms with Crippen molar-refractivity contribution < 1.29 is 74.5 Å². The quantitative estimate of drug-likeness (QED) is 0.0212. The minimum absolute atomic E-state index is 0.0202. The lowest BCUT2D eigenvalue weighted by Gasteiger charge is -2.36. The maximum Gasteiger partial charge on any atom is 0.313 e. The number of carbonyl (C=O) groups is 1. The fraction of sp³-hybridized carbons (Fsp3) is 0.638. The molecule has 0 bridgehead atoms. The molecule has 3 heterocycles. The Labute approximate surface area is 400 Å². The van der Waals surface area contributed by atoms with E-state index in [0.717, 1.165) is 79.6 Å². The number of nitrogens with two attached hydrogens (primary N) is 1. The first-order valence-corrected chi connectivity index (χ1v) is 23.6. The van der Waals surface area contributed by atoms with Crippen LogP contribution in [-0.2, 0) is 58.7 Å². The summed E-state index contributed by atoms with van der Waals surface area (Å²) in [6.45, 7) is 15.6. The van der Waals surface area contributed by atoms with E-state index < -0.39 is 41.4 Å². The number of nitrogen functional groups attached to an aromatic ring is 1. The van der Waals surface area contributed by atoms with Crippen molar-refractivity contribution in [3.05, 3.63) is 53.7 Å². The largest absolute Gasteiger partial charge is 0.420 e. The first-order valence-electron chi connectivity index (χ1n) is 23.6. The molecule has 386 valence electrons. The number of halogens is 4. The van der Waals surface area contributed by atoms with E-state index in [4.69, 9.17) is 58.1 Å². The van der Waals surface area contributed by atoms with E-state index in [-0.39, 0.29) is 25.9 Å². The maximum absolute atomic E-state index is 13.6. The van der Waals surface area contributed by atoms with Gasteiger partial charge in [0.1, 0.15) is 5.52 Å². The molecule has 5 rings (SSSR count). The van der Waals surface area contributed by atoms with Crippen molar-refractivity contribution in [3.63, 3.8) is 0 Å². The molecule has 2 N–H and O–H groups in total. The number of benzene rings is 2. The van der Waals surface area contributed by atoms with Gasteiger partial charge in [-0.2, -0.15) is 13.9 Å². The number of esters is 1. The second kappa shape index (κ2) is 32.5. The van der Waals surface area contributed by atoms with Crippen molar-refractivity contribution in [2.24, 2.45) is 0 Å². The monoisotopic (exact) mass is 984 g/mol. The van der Waals surface area contributed by atoms with Crippen LogP contribution in [-0.4, -0.2) is 190 Å². The topological polar surface area (TPSA) is 182 Å². The standard InChI is InChI=1S/C47H68F4N6O12/c1-2-3-7-57-35-38-37-5-4-36(33-41(37)53-47(52)45(38)54-57)56-10-8-55(9-11-56)12-14-60-16-18-62-20-22-64-24-26-66-28-30-68-32-31-67-29-27-65-25-23-63-21-19-61-17-15-59-13-6-42(58)69-46-43(50)39(48)34-40(49)44(46)51/h4-5,33-35H,2-3,6-32H2,1H3,(H2,52,53). The molecule has 0 saturated carbocycles. The summed E-state index contributed by atoms with van der Waals surface area (Å²) in [6.07, 6.45) is 3.89. The number of ether oxygens (including phenoxy) is 11. The van der Waals surface area contributed by atoms with Gasteiger partial charge in [0.05, 0.1) is 144 Å². The predicted octanol–water partition coefficient (Wildman–Crippen LogP) is 4.81. The number of rotatable bonds is 38. The van der Waals surface area contributed by atoms with Crippen LogP contribution in [0.15, 0.2) is 30.5 Å². The Balaban J connectivity index is 0.705. The molecule has 1 saturated heterocycles. The highest BCUT2D eigenvalue weighted by molar-refractivity contribution is 6.08. The minimum atomic E-state index is -1.79. The number of nitrogens with zero attached hydrogens (tertiary/aromatic N) is 5. The molecule has 69 heavy (non-hydrogen) atoms. The number of pyridine rings is 1. The van der Waals surface area contributed by atoms with Gasteiger partial charge in [0, 0.05) is 68.0 Å². The van der Waals surface area contributed by atoms with Crippen molar-refractivity contribution in [3.8, 4) is 5.75 Å². The summed E-state index contributed by atoms with van der Waals surface area (Å²) in [5, 5.41) is 6.81. The number of aryl methyl sites for hydroxylation is 1. The molecule has 4 aromatic rings. The van der Waals surface area contributed by atoms with Crippen LogP contribution in [0.2, 0.25) is 0 Å². The highest BCUT2D eigenvalue weighted by atomic mass is 19.2. The van der Waals surface area contributed by atoms with Crippen molar-refractivity contribution in [1.82, 2.24) is 19.7 Å². The highest BCUT2D eigenvalue weighted by Crippen LogP contribution is 2.31. The average Bonchev–Trinajstić information content (AvgIpc) is 3.79. The first kappa shape index (κ1) is 55.6. The van der Waals surface area contributed by atoms with Crippen molar-refractivity contribution >= 4 is 39.3 Å². The molecule has 2 aromatic heterocycles. The zero-order chi connectivity index (χ0) is 48.9. The number of aromatic nitrogens is 3. The third kappa shape index (κ3) is 20.1. The van der Waals surface area contributed by atoms with E-state index in [1.807, 2.05) is 4.68 Å². The van der Waals surface area contributed by atoms with Crippen molar-refractivity contribution in [2.75, 3.05) is 175 Å². The zero-order valence-corrected chi connectivity index (χ0v) is 39.6. The Hall–Kier alpha value is -4.33. The molecule has 0 atom stereocenters. The Kier molecular flexibility index (Phi) is 26.2. The van der Waals surface area contributed by atoms with Gasteiger partial charge in [-0.15, -0.1) is 0 Å². The van der Waals surface area contributed by atoms with Crippen LogP contribution in [0, 0.1) is 23.3 Å². The number of hydrogen-bond donors (Lipinski definition) is 1. The summed E-state index contributed by atoms with van der Waals surface area (Å²) in [6, 6.07) is 6.49. The molecule has 22 heteroatoms. The van der Waals surface area contributed by atoms with Gasteiger partial charge in [0.15, 0.2) is 17.5 Å². The van der Waals surface area contributed by atoms with Crippen molar-refractivity contribution in [2.45, 2.75) is 32.7 Å². The van der Waals surface area contributed by atoms with Crippen LogP contribution in [0.1, 0.15) is 26.2 Å². The zero-order valence-electron chi connectivity index (χ0n) is 39.6. The molecule has 0 radical (unpaired) electrons. The summed E-state index contributed by atoms with van der Waals surface area (Å²) < 4.78 is 115. The SMILES string of the molecule is CCCCn1cc2c(n1)c(N)nc1cc(N3CCN(CCOCCOCCOCCOCCOCCOCCOCCOCCOCCOCCC(=O)Oc4c(F)c(F)cc(F)c4F)CC3)ccc12. The van der Waals surface area contributed by atoms with Crippen LogP contribution < -0.4 is 15.4 Å². The van der Waals surface area contributed by atoms with Crippen LogP contribution in [0.4, 0.5) is 29.1 Å². The van der Waals surface area contributed by atoms with Gasteiger partial charge in [-0.05, 0) is 18.6 Å². The smallest absolute Gasteiger partial charge is 0.313 e. The summed E-state index contributed by atoms with van der Waals surface area (Å²) in [5.41, 5.74) is 9.16. The van der Waals surface area contributed by atoms with E-state index in [1.54, 1.807) is 0 Å². The van der Waals surface area contributed by atoms with E-state index in [0.29, 0.717) is 118 Å². The van der Waals surface area contributed by atoms with E-state index in [9.17, 15) is 22.4 Å². The molecule has 18 nitrogen and oxygen atoms in total. The molecular weight excluding hydrogens is 917 g/mol. The van der Waals surface area contributed by atoms with Crippen molar-refractivity contribution in [1.29, 1.82) is 0 Å². The third-order valence-corrected chi connectivity index (χ3v) is 10.6. The van der Waals surface area contributed by atoms with Gasteiger partial charge in [-0.1, -0.05) is 19.4 Å². The second-order valence-corrected chi connectivity index (χ2v) is 15.7. The number of piperazine rings is 1. The summed E-state index contributed by atoms with van der Waals surface area (Å²) in [7, 11) is 0. The average molecular weight is 985 g/mol. The van der Waals surface area contributed by atoms with Gasteiger partial charge in [-0.25, -0.2) is 13.8 Å². The van der Waals surface area contributed by atoms with Crippen LogP contribution in [0.25, 0.3) is 21.8 Å². The lowest BCUT2D eigenvalue weighted by Crippen LogP contribution is -2.47. The first-order chi connectivity index (χ1) is 33.7. The third-order valence-electron chi connectivity index (χ3n) is 10.6. The number of hydrogen-bond acceptors (Lipinski definition) is 17. The predicted molar refractivity (Wildman–Crippen MR) is 248 cm³/mol. The van der Waals surface area contributed by atoms with Crippen LogP contribution in [0.3, 0.4) is 0 Å². The van der Waals surface area contributed by atoms with Gasteiger partial charge in [-0.3, -0.25) is 14.4 Å². The number of carbonyl (C=O) groups excluding carboxylic acids is 1. The van der Waals surface area contributed by atoms with Crippen LogP contribution >= 0.6 is 0 Å². The summed E-state index contributed by atoms with van der Waals surface area (Å²) >= 11 is 0. The molecule has 2 aromatic carbocycles. The molecule has 1 aliphatic rings. The molecule has 0 spiro atoms. The van der Waals surface area contributed by atoms with E-state index >= 15 is 0 Å². The minimum Gasteiger partial charge on any atom is -0.420 e. The fourth-order valence-corrected chi connectivity index (χ4v) is 6.93. The Bertz CT molecular complexity index is 2060. The Morgan fingerprint density at radius 2 is 1.06 bits per heavy atom. The lowest BCUT2D eigenvalue weighted by atomic mass is 10.1. The molecule has 0 amide bonds. The molecular formula is C47H68F4N6O12. The fourth-order valence-electron chi connectivity index (χ4n) is 6.93. The number of fused-ring (bicyclic) bond motifs is 3. The summed E-state index contributed by atoms with van der Waals surface area (Å²) in [5.74, 6) is -9.01. The Morgan fingerprint density at radius 3 is 1.54 bits per heavy atom. The summed E-state index contributed by atoms with van der Waals surface area (Å²) in [4.78, 5) is 21.2. The maximum atomic E-state index is 13.6. The molecule has 0 unspecified atom stereocenters. The molecule has 1 fully saturated rings. The molecule has 1 aliphatic heterocycles.